The highest BCUT2D eigenvalue weighted by atomic mass is 19.1. The van der Waals surface area contributed by atoms with Gasteiger partial charge in [-0.3, -0.25) is 9.69 Å². The molecular weight excluding hydrogens is 311 g/mol. The average Bonchev–Trinajstić information content (AvgIpc) is 2.49. The summed E-state index contributed by atoms with van der Waals surface area (Å²) < 4.78 is 18.6. The van der Waals surface area contributed by atoms with Crippen LogP contribution in [0.3, 0.4) is 0 Å². The van der Waals surface area contributed by atoms with Crippen molar-refractivity contribution in [3.8, 4) is 0 Å². The quantitative estimate of drug-likeness (QED) is 0.853. The van der Waals surface area contributed by atoms with Crippen molar-refractivity contribution in [2.45, 2.75) is 46.3 Å². The minimum Gasteiger partial charge on any atom is -0.444 e. The van der Waals surface area contributed by atoms with E-state index in [-0.39, 0.29) is 18.3 Å². The summed E-state index contributed by atoms with van der Waals surface area (Å²) >= 11 is 0. The molecule has 1 aromatic rings. The van der Waals surface area contributed by atoms with E-state index in [1.807, 2.05) is 6.92 Å². The Hall–Kier alpha value is -2.11. The summed E-state index contributed by atoms with van der Waals surface area (Å²) in [5.41, 5.74) is 1.26. The number of halogens is 1. The van der Waals surface area contributed by atoms with Crippen molar-refractivity contribution in [2.75, 3.05) is 19.6 Å². The van der Waals surface area contributed by atoms with Crippen LogP contribution in [0.5, 0.6) is 0 Å². The zero-order valence-electron chi connectivity index (χ0n) is 14.8. The summed E-state index contributed by atoms with van der Waals surface area (Å²) in [5, 5.41) is 0. The molecule has 5 nitrogen and oxygen atoms in total. The van der Waals surface area contributed by atoms with Crippen LogP contribution in [0.1, 0.15) is 38.8 Å². The monoisotopic (exact) mass is 336 g/mol. The van der Waals surface area contributed by atoms with Crippen molar-refractivity contribution in [1.29, 1.82) is 0 Å². The van der Waals surface area contributed by atoms with Crippen molar-refractivity contribution < 1.29 is 18.7 Å². The SMILES string of the molecule is CCc1cc(F)ccc1CN1CCN(C(=O)OC(C)(C)C)CC1=O. The van der Waals surface area contributed by atoms with E-state index in [1.54, 1.807) is 31.7 Å². The van der Waals surface area contributed by atoms with Crippen LogP contribution in [-0.4, -0.2) is 47.0 Å². The zero-order valence-corrected chi connectivity index (χ0v) is 14.8. The van der Waals surface area contributed by atoms with Gasteiger partial charge in [-0.25, -0.2) is 9.18 Å². The van der Waals surface area contributed by atoms with Gasteiger partial charge in [0, 0.05) is 19.6 Å². The van der Waals surface area contributed by atoms with Gasteiger partial charge in [-0.2, -0.15) is 0 Å². The number of piperazine rings is 1. The summed E-state index contributed by atoms with van der Waals surface area (Å²) in [6, 6.07) is 4.65. The van der Waals surface area contributed by atoms with E-state index in [9.17, 15) is 14.0 Å². The molecule has 132 valence electrons. The molecule has 0 aromatic heterocycles. The van der Waals surface area contributed by atoms with Gasteiger partial charge in [0.2, 0.25) is 5.91 Å². The molecule has 0 spiro atoms. The molecule has 2 amide bonds. The van der Waals surface area contributed by atoms with Gasteiger partial charge in [0.25, 0.3) is 0 Å². The first-order valence-corrected chi connectivity index (χ1v) is 8.22. The molecule has 1 aliphatic heterocycles. The second-order valence-corrected chi connectivity index (χ2v) is 6.98. The standard InChI is InChI=1S/C18H25FN2O3/c1-5-13-10-15(19)7-6-14(13)11-20-8-9-21(12-16(20)22)17(23)24-18(2,3)4/h6-7,10H,5,8-9,11-12H2,1-4H3. The summed E-state index contributed by atoms with van der Waals surface area (Å²) in [6.45, 7) is 8.67. The molecule has 24 heavy (non-hydrogen) atoms. The maximum atomic E-state index is 13.3. The number of hydrogen-bond donors (Lipinski definition) is 0. The van der Waals surface area contributed by atoms with Crippen molar-refractivity contribution in [2.24, 2.45) is 0 Å². The minimum atomic E-state index is -0.582. The summed E-state index contributed by atoms with van der Waals surface area (Å²) in [6.07, 6.45) is 0.241. The van der Waals surface area contributed by atoms with E-state index in [0.717, 1.165) is 11.1 Å². The number of amides is 2. The van der Waals surface area contributed by atoms with Crippen molar-refractivity contribution >= 4 is 12.0 Å². The molecule has 1 heterocycles. The van der Waals surface area contributed by atoms with E-state index in [1.165, 1.54) is 17.0 Å². The van der Waals surface area contributed by atoms with Gasteiger partial charge in [-0.1, -0.05) is 13.0 Å². The highest BCUT2D eigenvalue weighted by Crippen LogP contribution is 2.17. The molecule has 1 aliphatic rings. The molecule has 1 fully saturated rings. The van der Waals surface area contributed by atoms with Crippen LogP contribution in [-0.2, 0) is 22.5 Å². The Morgan fingerprint density at radius 2 is 1.96 bits per heavy atom. The van der Waals surface area contributed by atoms with Gasteiger partial charge < -0.3 is 9.64 Å². The highest BCUT2D eigenvalue weighted by Gasteiger charge is 2.30. The third-order valence-corrected chi connectivity index (χ3v) is 3.88. The van der Waals surface area contributed by atoms with Crippen molar-refractivity contribution in [3.05, 3.63) is 35.1 Å². The van der Waals surface area contributed by atoms with Crippen LogP contribution in [0.2, 0.25) is 0 Å². The summed E-state index contributed by atoms with van der Waals surface area (Å²) in [4.78, 5) is 27.5. The molecule has 1 aromatic carbocycles. The number of hydrogen-bond acceptors (Lipinski definition) is 3. The first kappa shape index (κ1) is 18.2. The van der Waals surface area contributed by atoms with Gasteiger partial charge in [0.05, 0.1) is 0 Å². The Balaban J connectivity index is 1.99. The fraction of sp³-hybridized carbons (Fsp3) is 0.556. The Bertz CT molecular complexity index is 625. The molecule has 0 radical (unpaired) electrons. The fourth-order valence-electron chi connectivity index (χ4n) is 2.64. The van der Waals surface area contributed by atoms with Crippen molar-refractivity contribution in [1.82, 2.24) is 9.80 Å². The first-order valence-electron chi connectivity index (χ1n) is 8.22. The van der Waals surface area contributed by atoms with E-state index in [0.29, 0.717) is 26.1 Å². The summed E-state index contributed by atoms with van der Waals surface area (Å²) in [5.74, 6) is -0.393. The van der Waals surface area contributed by atoms with Crippen LogP contribution < -0.4 is 0 Å². The molecule has 2 rings (SSSR count). The maximum absolute atomic E-state index is 13.3. The molecule has 6 heteroatoms. The van der Waals surface area contributed by atoms with Crippen LogP contribution in [0, 0.1) is 5.82 Å². The van der Waals surface area contributed by atoms with E-state index >= 15 is 0 Å². The second-order valence-electron chi connectivity index (χ2n) is 6.98. The van der Waals surface area contributed by atoms with Crippen LogP contribution >= 0.6 is 0 Å². The Morgan fingerprint density at radius 3 is 2.54 bits per heavy atom. The van der Waals surface area contributed by atoms with E-state index in [4.69, 9.17) is 4.74 Å². The lowest BCUT2D eigenvalue weighted by Crippen LogP contribution is -2.52. The smallest absolute Gasteiger partial charge is 0.410 e. The van der Waals surface area contributed by atoms with Gasteiger partial charge in [-0.15, -0.1) is 0 Å². The minimum absolute atomic E-state index is 0.0115. The van der Waals surface area contributed by atoms with E-state index in [2.05, 4.69) is 0 Å². The molecular formula is C18H25FN2O3. The van der Waals surface area contributed by atoms with Gasteiger partial charge in [0.15, 0.2) is 0 Å². The normalized spacial score (nSPS) is 15.6. The van der Waals surface area contributed by atoms with Crippen molar-refractivity contribution in [3.63, 3.8) is 0 Å². The molecule has 0 atom stereocenters. The molecule has 0 unspecified atom stereocenters. The number of carbonyl (C=O) groups is 2. The third-order valence-electron chi connectivity index (χ3n) is 3.88. The maximum Gasteiger partial charge on any atom is 0.410 e. The predicted molar refractivity (Wildman–Crippen MR) is 89.0 cm³/mol. The van der Waals surface area contributed by atoms with Gasteiger partial charge in [-0.05, 0) is 50.5 Å². The third kappa shape index (κ3) is 4.69. The second kappa shape index (κ2) is 7.20. The largest absolute Gasteiger partial charge is 0.444 e. The van der Waals surface area contributed by atoms with Crippen LogP contribution in [0.25, 0.3) is 0 Å². The first-order chi connectivity index (χ1) is 11.2. The number of carbonyl (C=O) groups excluding carboxylic acids is 2. The highest BCUT2D eigenvalue weighted by molar-refractivity contribution is 5.83. The summed E-state index contributed by atoms with van der Waals surface area (Å²) in [7, 11) is 0. The van der Waals surface area contributed by atoms with Gasteiger partial charge >= 0.3 is 6.09 Å². The topological polar surface area (TPSA) is 49.9 Å². The fourth-order valence-corrected chi connectivity index (χ4v) is 2.64. The Morgan fingerprint density at radius 1 is 1.25 bits per heavy atom. The van der Waals surface area contributed by atoms with E-state index < -0.39 is 11.7 Å². The molecule has 0 aliphatic carbocycles. The molecule has 1 saturated heterocycles. The molecule has 0 bridgehead atoms. The Labute approximate surface area is 142 Å². The number of benzene rings is 1. The predicted octanol–water partition coefficient (Wildman–Crippen LogP) is 2.97. The number of ether oxygens (including phenoxy) is 1. The lowest BCUT2D eigenvalue weighted by Gasteiger charge is -2.35. The lowest BCUT2D eigenvalue weighted by atomic mass is 10.0. The van der Waals surface area contributed by atoms with Crippen LogP contribution in [0.15, 0.2) is 18.2 Å². The van der Waals surface area contributed by atoms with Crippen LogP contribution in [0.4, 0.5) is 9.18 Å². The zero-order chi connectivity index (χ0) is 17.9. The number of aryl methyl sites for hydroxylation is 1. The molecule has 0 saturated carbocycles. The number of rotatable bonds is 3. The average molecular weight is 336 g/mol. The lowest BCUT2D eigenvalue weighted by molar-refractivity contribution is -0.136. The van der Waals surface area contributed by atoms with Gasteiger partial charge in [0.1, 0.15) is 18.0 Å². The number of nitrogens with zero attached hydrogens (tertiary/aromatic N) is 2. The molecule has 0 N–H and O–H groups in total. The Kier molecular flexibility index (Phi) is 5.47.